The highest BCUT2D eigenvalue weighted by Crippen LogP contribution is 2.31. The van der Waals surface area contributed by atoms with Crippen LogP contribution >= 0.6 is 38.9 Å². The summed E-state index contributed by atoms with van der Waals surface area (Å²) in [6, 6.07) is 9.73. The molecule has 2 aromatic rings. The number of rotatable bonds is 5. The normalized spacial score (nSPS) is 18.6. The number of sulfonamides is 1. The standard InChI is InChI=1S/C17H18BrClN2O3S2/c18-13-6-4-12(5-7-13)11-21(14-3-1-2-10-20-17(14)22)26(23,24)16-9-8-15(19)25-16/h4-9,14H,1-3,10-11H2,(H,20,22)/t14-/m1/s1. The van der Waals surface area contributed by atoms with E-state index in [0.717, 1.165) is 34.2 Å². The zero-order chi connectivity index (χ0) is 18.7. The van der Waals surface area contributed by atoms with E-state index in [1.54, 1.807) is 6.07 Å². The lowest BCUT2D eigenvalue weighted by Gasteiger charge is -2.28. The largest absolute Gasteiger partial charge is 0.355 e. The van der Waals surface area contributed by atoms with Crippen LogP contribution < -0.4 is 5.32 Å². The van der Waals surface area contributed by atoms with Gasteiger partial charge >= 0.3 is 0 Å². The van der Waals surface area contributed by atoms with Crippen molar-refractivity contribution in [2.45, 2.75) is 36.1 Å². The van der Waals surface area contributed by atoms with Crippen LogP contribution in [0.1, 0.15) is 24.8 Å². The second-order valence-corrected chi connectivity index (χ2v) is 10.8. The molecule has 0 saturated carbocycles. The van der Waals surface area contributed by atoms with Gasteiger partial charge < -0.3 is 5.32 Å². The first-order valence-corrected chi connectivity index (χ1v) is 11.6. The first-order valence-electron chi connectivity index (χ1n) is 8.17. The van der Waals surface area contributed by atoms with E-state index in [2.05, 4.69) is 21.2 Å². The molecule has 0 unspecified atom stereocenters. The molecule has 1 saturated heterocycles. The minimum absolute atomic E-state index is 0.128. The maximum atomic E-state index is 13.3. The van der Waals surface area contributed by atoms with Crippen molar-refractivity contribution in [1.82, 2.24) is 9.62 Å². The van der Waals surface area contributed by atoms with Crippen molar-refractivity contribution >= 4 is 54.8 Å². The molecular formula is C17H18BrClN2O3S2. The van der Waals surface area contributed by atoms with E-state index in [1.165, 1.54) is 10.4 Å². The number of hydrogen-bond acceptors (Lipinski definition) is 4. The minimum Gasteiger partial charge on any atom is -0.355 e. The molecular weight excluding hydrogens is 460 g/mol. The Morgan fingerprint density at radius 3 is 2.58 bits per heavy atom. The van der Waals surface area contributed by atoms with Crippen LogP contribution in [0.25, 0.3) is 0 Å². The van der Waals surface area contributed by atoms with Crippen LogP contribution in [0.3, 0.4) is 0 Å². The number of benzene rings is 1. The summed E-state index contributed by atoms with van der Waals surface area (Å²) in [7, 11) is -3.84. The van der Waals surface area contributed by atoms with Gasteiger partial charge in [-0.05, 0) is 49.1 Å². The summed E-state index contributed by atoms with van der Waals surface area (Å²) >= 11 is 10.3. The number of carbonyl (C=O) groups is 1. The maximum Gasteiger partial charge on any atom is 0.253 e. The van der Waals surface area contributed by atoms with Gasteiger partial charge in [-0.15, -0.1) is 11.3 Å². The molecule has 0 radical (unpaired) electrons. The van der Waals surface area contributed by atoms with Crippen LogP contribution in [0, 0.1) is 0 Å². The van der Waals surface area contributed by atoms with Crippen molar-refractivity contribution in [1.29, 1.82) is 0 Å². The van der Waals surface area contributed by atoms with Gasteiger partial charge in [-0.2, -0.15) is 4.31 Å². The molecule has 5 nitrogen and oxygen atoms in total. The number of amides is 1. The Morgan fingerprint density at radius 2 is 1.92 bits per heavy atom. The number of nitrogens with one attached hydrogen (secondary N) is 1. The number of nitrogens with zero attached hydrogens (tertiary/aromatic N) is 1. The van der Waals surface area contributed by atoms with Crippen molar-refractivity contribution < 1.29 is 13.2 Å². The Kier molecular flexibility index (Phi) is 6.40. The van der Waals surface area contributed by atoms with Gasteiger partial charge in [0.15, 0.2) is 0 Å². The van der Waals surface area contributed by atoms with Crippen molar-refractivity contribution in [3.05, 3.63) is 50.8 Å². The summed E-state index contributed by atoms with van der Waals surface area (Å²) < 4.78 is 29.3. The van der Waals surface area contributed by atoms with Gasteiger partial charge in [0.2, 0.25) is 5.91 Å². The quantitative estimate of drug-likeness (QED) is 0.707. The molecule has 9 heteroatoms. The highest BCUT2D eigenvalue weighted by Gasteiger charge is 2.37. The Morgan fingerprint density at radius 1 is 1.19 bits per heavy atom. The lowest BCUT2D eigenvalue weighted by molar-refractivity contribution is -0.124. The van der Waals surface area contributed by atoms with Crippen molar-refractivity contribution in [3.63, 3.8) is 0 Å². The van der Waals surface area contributed by atoms with E-state index >= 15 is 0 Å². The third-order valence-electron chi connectivity index (χ3n) is 4.22. The Balaban J connectivity index is 2.00. The fraction of sp³-hybridized carbons (Fsp3) is 0.353. The third kappa shape index (κ3) is 4.48. The molecule has 2 heterocycles. The van der Waals surface area contributed by atoms with Gasteiger partial charge in [0.05, 0.1) is 4.34 Å². The summed E-state index contributed by atoms with van der Waals surface area (Å²) in [5, 5.41) is 2.82. The molecule has 0 spiro atoms. The topological polar surface area (TPSA) is 66.5 Å². The molecule has 1 fully saturated rings. The van der Waals surface area contributed by atoms with Crippen molar-refractivity contribution in [2.24, 2.45) is 0 Å². The smallest absolute Gasteiger partial charge is 0.253 e. The lowest BCUT2D eigenvalue weighted by Crippen LogP contribution is -2.48. The summed E-state index contributed by atoms with van der Waals surface area (Å²) in [6.45, 7) is 0.704. The predicted molar refractivity (Wildman–Crippen MR) is 107 cm³/mol. The second-order valence-electron chi connectivity index (χ2n) is 6.04. The van der Waals surface area contributed by atoms with Crippen LogP contribution in [-0.4, -0.2) is 31.2 Å². The second kappa shape index (κ2) is 8.39. The van der Waals surface area contributed by atoms with E-state index < -0.39 is 16.1 Å². The van der Waals surface area contributed by atoms with E-state index in [9.17, 15) is 13.2 Å². The maximum absolute atomic E-state index is 13.3. The molecule has 1 aliphatic heterocycles. The zero-order valence-corrected chi connectivity index (χ0v) is 17.8. The molecule has 140 valence electrons. The van der Waals surface area contributed by atoms with Gasteiger partial charge in [-0.3, -0.25) is 4.79 Å². The highest BCUT2D eigenvalue weighted by atomic mass is 79.9. The van der Waals surface area contributed by atoms with Gasteiger partial charge in [-0.25, -0.2) is 8.42 Å². The molecule has 3 rings (SSSR count). The molecule has 1 atom stereocenters. The zero-order valence-electron chi connectivity index (χ0n) is 13.8. The highest BCUT2D eigenvalue weighted by molar-refractivity contribution is 9.10. The third-order valence-corrected chi connectivity index (χ3v) is 8.30. The molecule has 1 aromatic heterocycles. The average Bonchev–Trinajstić information content (AvgIpc) is 2.94. The van der Waals surface area contributed by atoms with Crippen molar-refractivity contribution in [3.8, 4) is 0 Å². The number of thiophene rings is 1. The summed E-state index contributed by atoms with van der Waals surface area (Å²) in [4.78, 5) is 12.5. The van der Waals surface area contributed by atoms with Gasteiger partial charge in [0, 0.05) is 17.6 Å². The lowest BCUT2D eigenvalue weighted by atomic mass is 10.1. The summed E-state index contributed by atoms with van der Waals surface area (Å²) in [5.74, 6) is -0.245. The Bertz CT molecular complexity index is 884. The number of halogens is 2. The minimum atomic E-state index is -3.84. The van der Waals surface area contributed by atoms with E-state index in [0.29, 0.717) is 17.3 Å². The number of hydrogen-bond donors (Lipinski definition) is 1. The fourth-order valence-electron chi connectivity index (χ4n) is 2.88. The fourth-order valence-corrected chi connectivity index (χ4v) is 6.36. The van der Waals surface area contributed by atoms with Crippen LogP contribution in [0.2, 0.25) is 4.34 Å². The molecule has 1 amide bonds. The van der Waals surface area contributed by atoms with Crippen molar-refractivity contribution in [2.75, 3.05) is 6.54 Å². The van der Waals surface area contributed by atoms with Gasteiger partial charge in [-0.1, -0.05) is 39.7 Å². The van der Waals surface area contributed by atoms with Crippen LogP contribution in [-0.2, 0) is 21.4 Å². The molecule has 0 aliphatic carbocycles. The number of carbonyl (C=O) groups excluding carboxylic acids is 1. The van der Waals surface area contributed by atoms with E-state index in [4.69, 9.17) is 11.6 Å². The molecule has 1 aliphatic rings. The van der Waals surface area contributed by atoms with Gasteiger partial charge in [0.25, 0.3) is 10.0 Å². The summed E-state index contributed by atoms with van der Waals surface area (Å²) in [6.07, 6.45) is 2.14. The SMILES string of the molecule is O=C1NCCCC[C@H]1N(Cc1ccc(Br)cc1)S(=O)(=O)c1ccc(Cl)s1. The van der Waals surface area contributed by atoms with Crippen LogP contribution in [0.5, 0.6) is 0 Å². The molecule has 1 aromatic carbocycles. The van der Waals surface area contributed by atoms with E-state index in [1.807, 2.05) is 24.3 Å². The van der Waals surface area contributed by atoms with Gasteiger partial charge in [0.1, 0.15) is 10.3 Å². The Hall–Kier alpha value is -0.930. The molecule has 26 heavy (non-hydrogen) atoms. The first kappa shape index (κ1) is 19.8. The Labute approximate surface area is 170 Å². The summed E-state index contributed by atoms with van der Waals surface area (Å²) in [5.41, 5.74) is 0.816. The molecule has 0 bridgehead atoms. The predicted octanol–water partition coefficient (Wildman–Crippen LogP) is 4.02. The average molecular weight is 478 g/mol. The first-order chi connectivity index (χ1) is 12.4. The van der Waals surface area contributed by atoms with E-state index in [-0.39, 0.29) is 16.7 Å². The molecule has 1 N–H and O–H groups in total. The monoisotopic (exact) mass is 476 g/mol. The van der Waals surface area contributed by atoms with Crippen LogP contribution in [0.4, 0.5) is 0 Å². The van der Waals surface area contributed by atoms with Crippen LogP contribution in [0.15, 0.2) is 45.1 Å².